The predicted octanol–water partition coefficient (Wildman–Crippen LogP) is 5.50. The molecule has 3 aromatic carbocycles. The maximum atomic E-state index is 13.7. The van der Waals surface area contributed by atoms with Crippen LogP contribution in [0.5, 0.6) is 5.75 Å². The normalized spacial score (nSPS) is 13.7. The summed E-state index contributed by atoms with van der Waals surface area (Å²) in [5, 5.41) is 3.96. The number of rotatable bonds is 7. The summed E-state index contributed by atoms with van der Waals surface area (Å²) >= 11 is 1.34. The molecule has 0 unspecified atom stereocenters. The monoisotopic (exact) mass is 503 g/mol. The summed E-state index contributed by atoms with van der Waals surface area (Å²) in [5.74, 6) is 0.629. The number of carbonyl (C=O) groups is 1. The first-order valence-electron chi connectivity index (χ1n) is 11.9. The van der Waals surface area contributed by atoms with Crippen molar-refractivity contribution in [1.82, 2.24) is 14.9 Å². The molecule has 0 aliphatic heterocycles. The highest BCUT2D eigenvalue weighted by molar-refractivity contribution is 7.98. The number of nitrogens with zero attached hydrogens (tertiary/aromatic N) is 2. The fourth-order valence-corrected chi connectivity index (χ4v) is 5.43. The second-order valence-corrected chi connectivity index (χ2v) is 9.78. The molecule has 0 bridgehead atoms. The van der Waals surface area contributed by atoms with E-state index in [1.807, 2.05) is 6.07 Å². The number of hydrogen-bond acceptors (Lipinski definition) is 5. The summed E-state index contributed by atoms with van der Waals surface area (Å²) in [6, 6.07) is 18.7. The molecule has 1 aliphatic carbocycles. The van der Waals surface area contributed by atoms with Gasteiger partial charge in [0.15, 0.2) is 5.16 Å². The van der Waals surface area contributed by atoms with Crippen molar-refractivity contribution in [2.45, 2.75) is 42.6 Å². The number of amides is 1. The summed E-state index contributed by atoms with van der Waals surface area (Å²) in [5.41, 5.74) is 2.10. The van der Waals surface area contributed by atoms with Crippen LogP contribution >= 0.6 is 11.8 Å². The van der Waals surface area contributed by atoms with Crippen LogP contribution in [-0.4, -0.2) is 28.6 Å². The van der Waals surface area contributed by atoms with E-state index in [2.05, 4.69) is 5.32 Å². The van der Waals surface area contributed by atoms with Gasteiger partial charge in [-0.05, 0) is 73.0 Å². The van der Waals surface area contributed by atoms with Crippen molar-refractivity contribution in [1.29, 1.82) is 0 Å². The predicted molar refractivity (Wildman–Crippen MR) is 140 cm³/mol. The minimum Gasteiger partial charge on any atom is -0.497 e. The zero-order chi connectivity index (χ0) is 25.1. The van der Waals surface area contributed by atoms with Crippen molar-refractivity contribution in [2.24, 2.45) is 0 Å². The van der Waals surface area contributed by atoms with E-state index in [9.17, 15) is 14.0 Å². The Morgan fingerprint density at radius 3 is 2.61 bits per heavy atom. The Kier molecular flexibility index (Phi) is 7.04. The third-order valence-corrected chi connectivity index (χ3v) is 7.39. The van der Waals surface area contributed by atoms with Crippen LogP contribution in [0.2, 0.25) is 0 Å². The van der Waals surface area contributed by atoms with Crippen molar-refractivity contribution < 1.29 is 13.9 Å². The van der Waals surface area contributed by atoms with Crippen molar-refractivity contribution in [3.05, 3.63) is 94.0 Å². The molecule has 184 valence electrons. The van der Waals surface area contributed by atoms with Crippen molar-refractivity contribution in [3.8, 4) is 11.4 Å². The molecule has 1 aliphatic rings. The molecule has 1 N–H and O–H groups in total. The molecule has 1 fully saturated rings. The quantitative estimate of drug-likeness (QED) is 0.266. The van der Waals surface area contributed by atoms with Gasteiger partial charge in [-0.1, -0.05) is 36.7 Å². The minimum atomic E-state index is -0.315. The van der Waals surface area contributed by atoms with Gasteiger partial charge in [0, 0.05) is 17.4 Å². The lowest BCUT2D eigenvalue weighted by molar-refractivity contribution is 0.0938. The molecule has 1 heterocycles. The molecule has 36 heavy (non-hydrogen) atoms. The Balaban J connectivity index is 1.55. The second-order valence-electron chi connectivity index (χ2n) is 8.84. The molecule has 1 saturated carbocycles. The summed E-state index contributed by atoms with van der Waals surface area (Å²) in [6.07, 6.45) is 4.23. The third kappa shape index (κ3) is 5.14. The lowest BCUT2D eigenvalue weighted by atomic mass is 10.1. The van der Waals surface area contributed by atoms with Gasteiger partial charge in [-0.3, -0.25) is 14.2 Å². The van der Waals surface area contributed by atoms with Crippen LogP contribution in [-0.2, 0) is 5.75 Å². The smallest absolute Gasteiger partial charge is 0.266 e. The zero-order valence-electron chi connectivity index (χ0n) is 19.9. The van der Waals surface area contributed by atoms with Gasteiger partial charge < -0.3 is 10.1 Å². The number of hydrogen-bond donors (Lipinski definition) is 1. The van der Waals surface area contributed by atoms with E-state index in [-0.39, 0.29) is 23.3 Å². The highest BCUT2D eigenvalue weighted by Gasteiger charge is 2.20. The molecule has 1 amide bonds. The van der Waals surface area contributed by atoms with Gasteiger partial charge in [0.25, 0.3) is 11.5 Å². The molecular weight excluding hydrogens is 477 g/mol. The van der Waals surface area contributed by atoms with E-state index in [1.165, 1.54) is 23.9 Å². The summed E-state index contributed by atoms with van der Waals surface area (Å²) in [6.45, 7) is 0. The fraction of sp³-hybridized carbons (Fsp3) is 0.250. The first-order valence-corrected chi connectivity index (χ1v) is 12.9. The van der Waals surface area contributed by atoms with E-state index in [0.717, 1.165) is 31.2 Å². The van der Waals surface area contributed by atoms with Crippen LogP contribution in [0.15, 0.2) is 76.7 Å². The van der Waals surface area contributed by atoms with Crippen molar-refractivity contribution in [2.75, 3.05) is 7.11 Å². The topological polar surface area (TPSA) is 73.2 Å². The second kappa shape index (κ2) is 10.5. The standard InChI is InChI=1S/C28H26FN3O3S/c1-35-23-12-10-22(11-13-23)32-27(34)24-14-9-19(26(33)30-21-7-2-3-8-21)16-25(24)31-28(32)36-17-18-5-4-6-20(29)15-18/h4-6,9-16,21H,2-3,7-8,17H2,1H3,(H,30,33). The van der Waals surface area contributed by atoms with Gasteiger partial charge in [0.1, 0.15) is 11.6 Å². The van der Waals surface area contributed by atoms with Gasteiger partial charge in [-0.25, -0.2) is 9.37 Å². The van der Waals surface area contributed by atoms with E-state index < -0.39 is 0 Å². The van der Waals surface area contributed by atoms with Crippen LogP contribution in [0.1, 0.15) is 41.6 Å². The summed E-state index contributed by atoms with van der Waals surface area (Å²) in [7, 11) is 1.58. The lowest BCUT2D eigenvalue weighted by Gasteiger charge is -2.15. The van der Waals surface area contributed by atoms with E-state index >= 15 is 0 Å². The van der Waals surface area contributed by atoms with E-state index in [4.69, 9.17) is 9.72 Å². The highest BCUT2D eigenvalue weighted by atomic mass is 32.2. The molecule has 5 rings (SSSR count). The third-order valence-electron chi connectivity index (χ3n) is 6.38. The molecule has 6 nitrogen and oxygen atoms in total. The van der Waals surface area contributed by atoms with Crippen LogP contribution in [0, 0.1) is 5.82 Å². The molecule has 0 spiro atoms. The Bertz CT molecular complexity index is 1460. The minimum absolute atomic E-state index is 0.154. The average Bonchev–Trinajstić information content (AvgIpc) is 3.40. The number of nitrogens with one attached hydrogen (secondary N) is 1. The largest absolute Gasteiger partial charge is 0.497 e. The molecule has 4 aromatic rings. The van der Waals surface area contributed by atoms with Crippen molar-refractivity contribution in [3.63, 3.8) is 0 Å². The Hall–Kier alpha value is -3.65. The zero-order valence-corrected chi connectivity index (χ0v) is 20.7. The first-order chi connectivity index (χ1) is 17.5. The number of carbonyl (C=O) groups excluding carboxylic acids is 1. The van der Waals surface area contributed by atoms with E-state index in [0.29, 0.717) is 38.8 Å². The van der Waals surface area contributed by atoms with Gasteiger partial charge >= 0.3 is 0 Å². The molecule has 0 saturated heterocycles. The van der Waals surface area contributed by atoms with Gasteiger partial charge in [-0.15, -0.1) is 0 Å². The van der Waals surface area contributed by atoms with E-state index in [1.54, 1.807) is 60.2 Å². The SMILES string of the molecule is COc1ccc(-n2c(SCc3cccc(F)c3)nc3cc(C(=O)NC4CCCC4)ccc3c2=O)cc1. The fourth-order valence-electron chi connectivity index (χ4n) is 4.48. The lowest BCUT2D eigenvalue weighted by Crippen LogP contribution is -2.32. The molecule has 0 atom stereocenters. The Morgan fingerprint density at radius 1 is 1.11 bits per heavy atom. The van der Waals surface area contributed by atoms with Crippen LogP contribution in [0.3, 0.4) is 0 Å². The van der Waals surface area contributed by atoms with Crippen LogP contribution in [0.25, 0.3) is 16.6 Å². The molecule has 0 radical (unpaired) electrons. The molecule has 1 aromatic heterocycles. The number of ether oxygens (including phenoxy) is 1. The number of halogens is 1. The number of benzene rings is 3. The van der Waals surface area contributed by atoms with Gasteiger partial charge in [-0.2, -0.15) is 0 Å². The Morgan fingerprint density at radius 2 is 1.89 bits per heavy atom. The van der Waals surface area contributed by atoms with Crippen LogP contribution in [0.4, 0.5) is 4.39 Å². The van der Waals surface area contributed by atoms with Crippen LogP contribution < -0.4 is 15.6 Å². The summed E-state index contributed by atoms with van der Waals surface area (Å²) < 4.78 is 20.5. The Labute approximate surface area is 212 Å². The number of thioether (sulfide) groups is 1. The maximum Gasteiger partial charge on any atom is 0.266 e. The van der Waals surface area contributed by atoms with Gasteiger partial charge in [0.2, 0.25) is 0 Å². The maximum absolute atomic E-state index is 13.7. The average molecular weight is 504 g/mol. The molecule has 8 heteroatoms. The number of methoxy groups -OCH3 is 1. The first kappa shape index (κ1) is 24.1. The number of fused-ring (bicyclic) bond motifs is 1. The van der Waals surface area contributed by atoms with Gasteiger partial charge in [0.05, 0.1) is 23.7 Å². The highest BCUT2D eigenvalue weighted by Crippen LogP contribution is 2.26. The summed E-state index contributed by atoms with van der Waals surface area (Å²) in [4.78, 5) is 31.3. The van der Waals surface area contributed by atoms with Crippen molar-refractivity contribution >= 4 is 28.6 Å². The molecular formula is C28H26FN3O3S. The number of aromatic nitrogens is 2.